The average Bonchev–Trinajstić information content (AvgIpc) is 2.68. The van der Waals surface area contributed by atoms with Crippen molar-refractivity contribution in [3.05, 3.63) is 74.6 Å². The summed E-state index contributed by atoms with van der Waals surface area (Å²) in [5.41, 5.74) is 1.92. The van der Waals surface area contributed by atoms with Crippen molar-refractivity contribution in [1.82, 2.24) is 14.1 Å². The Labute approximate surface area is 161 Å². The molecular formula is C21H21N3O4. The Bertz CT molecular complexity index is 1220. The normalized spacial score (nSPS) is 10.9. The summed E-state index contributed by atoms with van der Waals surface area (Å²) in [5, 5.41) is 0.199. The van der Waals surface area contributed by atoms with Crippen molar-refractivity contribution in [2.45, 2.75) is 13.8 Å². The molecule has 7 heteroatoms. The lowest BCUT2D eigenvalue weighted by Crippen LogP contribution is -2.38. The highest BCUT2D eigenvalue weighted by Crippen LogP contribution is 2.31. The molecule has 0 radical (unpaired) electrons. The summed E-state index contributed by atoms with van der Waals surface area (Å²) in [6.45, 7) is 7.19. The average molecular weight is 379 g/mol. The Kier molecular flexibility index (Phi) is 5.00. The molecular weight excluding hydrogens is 358 g/mol. The number of aryl methyl sites for hydroxylation is 3. The zero-order chi connectivity index (χ0) is 20.6. The quantitative estimate of drug-likeness (QED) is 0.513. The van der Waals surface area contributed by atoms with Gasteiger partial charge in [-0.15, -0.1) is 0 Å². The zero-order valence-electron chi connectivity index (χ0n) is 16.3. The van der Waals surface area contributed by atoms with Crippen molar-refractivity contribution in [3.63, 3.8) is 0 Å². The molecule has 28 heavy (non-hydrogen) atoms. The second-order valence-electron chi connectivity index (χ2n) is 6.60. The summed E-state index contributed by atoms with van der Waals surface area (Å²) in [6, 6.07) is 7.45. The van der Waals surface area contributed by atoms with Crippen molar-refractivity contribution >= 4 is 17.0 Å². The molecule has 2 aromatic heterocycles. The Balaban J connectivity index is 2.54. The van der Waals surface area contributed by atoms with E-state index in [4.69, 9.17) is 4.74 Å². The lowest BCUT2D eigenvalue weighted by Gasteiger charge is -2.16. The van der Waals surface area contributed by atoms with E-state index in [1.165, 1.54) is 17.7 Å². The molecule has 0 saturated heterocycles. The number of rotatable bonds is 4. The van der Waals surface area contributed by atoms with Crippen LogP contribution in [-0.4, -0.2) is 26.7 Å². The molecule has 0 aliphatic rings. The fourth-order valence-corrected chi connectivity index (χ4v) is 3.17. The minimum atomic E-state index is -0.599. The first-order valence-electron chi connectivity index (χ1n) is 8.73. The summed E-state index contributed by atoms with van der Waals surface area (Å²) < 4.78 is 7.56. The molecule has 0 N–H and O–H groups in total. The third-order valence-corrected chi connectivity index (χ3v) is 4.65. The van der Waals surface area contributed by atoms with E-state index < -0.39 is 17.2 Å². The van der Waals surface area contributed by atoms with Crippen LogP contribution in [-0.2, 0) is 18.8 Å². The standard InChI is InChI=1S/C21H21N3O4/c1-6-11-28-20(26)15-13(3)22-18-17(19(25)24(5)21(27)23(18)4)16(15)14-9-7-12(2)8-10-14/h6-10H,1,11H2,2-5H3. The Morgan fingerprint density at radius 3 is 2.39 bits per heavy atom. The smallest absolute Gasteiger partial charge is 0.340 e. The van der Waals surface area contributed by atoms with Gasteiger partial charge in [-0.05, 0) is 19.4 Å². The Morgan fingerprint density at radius 1 is 1.14 bits per heavy atom. The molecule has 0 saturated carbocycles. The van der Waals surface area contributed by atoms with Crippen LogP contribution < -0.4 is 11.2 Å². The van der Waals surface area contributed by atoms with Crippen molar-refractivity contribution in [2.24, 2.45) is 14.1 Å². The maximum absolute atomic E-state index is 13.0. The molecule has 0 aliphatic carbocycles. The molecule has 0 amide bonds. The minimum Gasteiger partial charge on any atom is -0.458 e. The van der Waals surface area contributed by atoms with Crippen molar-refractivity contribution in [1.29, 1.82) is 0 Å². The van der Waals surface area contributed by atoms with Gasteiger partial charge in [0, 0.05) is 19.7 Å². The SMILES string of the molecule is C=CCOC(=O)c1c(C)nc2c(c1-c1ccc(C)cc1)c(=O)n(C)c(=O)n2C. The molecule has 2 heterocycles. The van der Waals surface area contributed by atoms with Gasteiger partial charge in [0.25, 0.3) is 5.56 Å². The second-order valence-corrected chi connectivity index (χ2v) is 6.60. The highest BCUT2D eigenvalue weighted by atomic mass is 16.5. The van der Waals surface area contributed by atoms with Crippen LogP contribution in [0.4, 0.5) is 0 Å². The molecule has 0 fully saturated rings. The number of hydrogen-bond donors (Lipinski definition) is 0. The van der Waals surface area contributed by atoms with Gasteiger partial charge in [-0.3, -0.25) is 13.9 Å². The van der Waals surface area contributed by atoms with E-state index >= 15 is 0 Å². The zero-order valence-corrected chi connectivity index (χ0v) is 16.3. The number of benzene rings is 1. The van der Waals surface area contributed by atoms with Crippen LogP contribution in [0.3, 0.4) is 0 Å². The van der Waals surface area contributed by atoms with Crippen molar-refractivity contribution in [2.75, 3.05) is 6.61 Å². The number of pyridine rings is 1. The van der Waals surface area contributed by atoms with Gasteiger partial charge in [-0.2, -0.15) is 0 Å². The van der Waals surface area contributed by atoms with Crippen LogP contribution >= 0.6 is 0 Å². The number of nitrogens with zero attached hydrogens (tertiary/aromatic N) is 3. The summed E-state index contributed by atoms with van der Waals surface area (Å²) >= 11 is 0. The molecule has 0 spiro atoms. The van der Waals surface area contributed by atoms with E-state index in [1.807, 2.05) is 31.2 Å². The molecule has 1 aromatic carbocycles. The van der Waals surface area contributed by atoms with Crippen molar-refractivity contribution in [3.8, 4) is 11.1 Å². The van der Waals surface area contributed by atoms with Crippen LogP contribution in [0.1, 0.15) is 21.6 Å². The molecule has 0 aliphatic heterocycles. The number of esters is 1. The van der Waals surface area contributed by atoms with E-state index in [9.17, 15) is 14.4 Å². The molecule has 144 valence electrons. The number of carbonyl (C=O) groups is 1. The van der Waals surface area contributed by atoms with E-state index in [0.29, 0.717) is 16.8 Å². The van der Waals surface area contributed by atoms with Gasteiger partial charge in [0.15, 0.2) is 0 Å². The topological polar surface area (TPSA) is 83.2 Å². The summed E-state index contributed by atoms with van der Waals surface area (Å²) in [6.07, 6.45) is 1.47. The number of carbonyl (C=O) groups excluding carboxylic acids is 1. The Hall–Kier alpha value is -3.48. The number of fused-ring (bicyclic) bond motifs is 1. The van der Waals surface area contributed by atoms with Crippen molar-refractivity contribution < 1.29 is 9.53 Å². The van der Waals surface area contributed by atoms with Gasteiger partial charge in [0.1, 0.15) is 12.3 Å². The fourth-order valence-electron chi connectivity index (χ4n) is 3.17. The van der Waals surface area contributed by atoms with E-state index in [2.05, 4.69) is 11.6 Å². The van der Waals surface area contributed by atoms with Gasteiger partial charge in [-0.1, -0.05) is 42.5 Å². The predicted octanol–water partition coefficient (Wildman–Crippen LogP) is 2.26. The first-order chi connectivity index (χ1) is 13.3. The minimum absolute atomic E-state index is 0.0366. The van der Waals surface area contributed by atoms with E-state index in [-0.39, 0.29) is 23.2 Å². The van der Waals surface area contributed by atoms with E-state index in [0.717, 1.165) is 10.1 Å². The summed E-state index contributed by atoms with van der Waals surface area (Å²) in [7, 11) is 2.95. The highest BCUT2D eigenvalue weighted by Gasteiger charge is 2.25. The highest BCUT2D eigenvalue weighted by molar-refractivity contribution is 6.07. The van der Waals surface area contributed by atoms with Crippen LogP contribution in [0.25, 0.3) is 22.2 Å². The lowest BCUT2D eigenvalue weighted by atomic mass is 9.95. The van der Waals surface area contributed by atoms with Crippen LogP contribution in [0.5, 0.6) is 0 Å². The van der Waals surface area contributed by atoms with Crippen LogP contribution in [0, 0.1) is 13.8 Å². The lowest BCUT2D eigenvalue weighted by molar-refractivity contribution is 0.0549. The molecule has 3 rings (SSSR count). The van der Waals surface area contributed by atoms with Crippen LogP contribution in [0.15, 0.2) is 46.5 Å². The van der Waals surface area contributed by atoms with Gasteiger partial charge < -0.3 is 4.74 Å². The van der Waals surface area contributed by atoms with Gasteiger partial charge >= 0.3 is 11.7 Å². The third kappa shape index (κ3) is 3.05. The molecule has 0 unspecified atom stereocenters. The van der Waals surface area contributed by atoms with Gasteiger partial charge in [0.2, 0.25) is 0 Å². The fraction of sp³-hybridized carbons (Fsp3) is 0.238. The first kappa shape index (κ1) is 19.3. The molecule has 0 atom stereocenters. The third-order valence-electron chi connectivity index (χ3n) is 4.65. The first-order valence-corrected chi connectivity index (χ1v) is 8.73. The summed E-state index contributed by atoms with van der Waals surface area (Å²) in [4.78, 5) is 42.5. The van der Waals surface area contributed by atoms with Gasteiger partial charge in [-0.25, -0.2) is 14.6 Å². The van der Waals surface area contributed by atoms with Gasteiger partial charge in [0.05, 0.1) is 16.6 Å². The predicted molar refractivity (Wildman–Crippen MR) is 108 cm³/mol. The second kappa shape index (κ2) is 7.26. The van der Waals surface area contributed by atoms with E-state index in [1.54, 1.807) is 14.0 Å². The molecule has 0 bridgehead atoms. The largest absolute Gasteiger partial charge is 0.458 e. The Morgan fingerprint density at radius 2 is 1.79 bits per heavy atom. The monoisotopic (exact) mass is 379 g/mol. The molecule has 7 nitrogen and oxygen atoms in total. The number of hydrogen-bond acceptors (Lipinski definition) is 5. The number of aromatic nitrogens is 3. The maximum Gasteiger partial charge on any atom is 0.340 e. The summed E-state index contributed by atoms with van der Waals surface area (Å²) in [5.74, 6) is -0.599. The maximum atomic E-state index is 13.0. The van der Waals surface area contributed by atoms with Crippen LogP contribution in [0.2, 0.25) is 0 Å². The number of ether oxygens (including phenoxy) is 1. The molecule has 3 aromatic rings.